The number of nitrogens with zero attached hydrogens (tertiary/aromatic N) is 3. The third-order valence-corrected chi connectivity index (χ3v) is 2.83. The largest absolute Gasteiger partial charge is 0.365 e. The van der Waals surface area contributed by atoms with Crippen LogP contribution in [0.3, 0.4) is 0 Å². The monoisotopic (exact) mass is 216 g/mol. The van der Waals surface area contributed by atoms with Crippen LogP contribution in [0.1, 0.15) is 4.88 Å². The molecule has 0 aliphatic heterocycles. The highest BCUT2D eigenvalue weighted by Gasteiger charge is 2.12. The number of pyridine rings is 1. The molecule has 4 nitrogen and oxygen atoms in total. The first-order chi connectivity index (χ1) is 7.35. The predicted octanol–water partition coefficient (Wildman–Crippen LogP) is 2.12. The minimum absolute atomic E-state index is 0.582. The molecule has 0 saturated carbocycles. The Kier molecular flexibility index (Phi) is 2.61. The summed E-state index contributed by atoms with van der Waals surface area (Å²) < 4.78 is 0. The second-order valence-corrected chi connectivity index (χ2v) is 3.77. The maximum Gasteiger partial charge on any atom is 0.184 e. The number of nitrogens with one attached hydrogen (secondary N) is 1. The summed E-state index contributed by atoms with van der Waals surface area (Å²) >= 11 is 1.33. The predicted molar refractivity (Wildman–Crippen MR) is 59.6 cm³/mol. The Morgan fingerprint density at radius 1 is 1.47 bits per heavy atom. The molecule has 2 aromatic rings. The lowest BCUT2D eigenvalue weighted by atomic mass is 10.2. The molecule has 0 aromatic carbocycles. The maximum absolute atomic E-state index is 8.95. The third kappa shape index (κ3) is 1.80. The van der Waals surface area contributed by atoms with Gasteiger partial charge in [-0.2, -0.15) is 5.26 Å². The lowest BCUT2D eigenvalue weighted by Gasteiger charge is -1.94. The molecule has 0 spiro atoms. The Morgan fingerprint density at radius 3 is 2.93 bits per heavy atom. The number of thiazole rings is 1. The second kappa shape index (κ2) is 4.07. The van der Waals surface area contributed by atoms with E-state index in [-0.39, 0.29) is 0 Å². The number of rotatable bonds is 2. The van der Waals surface area contributed by atoms with Crippen LogP contribution in [0.5, 0.6) is 0 Å². The molecular weight excluding hydrogens is 208 g/mol. The van der Waals surface area contributed by atoms with Gasteiger partial charge < -0.3 is 5.32 Å². The zero-order valence-corrected chi connectivity index (χ0v) is 8.88. The molecule has 2 heterocycles. The van der Waals surface area contributed by atoms with Gasteiger partial charge in [-0.05, 0) is 12.1 Å². The standard InChI is InChI=1S/C10H8N4S/c1-12-10-14-9(8(6-11)15-10)7-4-2-3-5-13-7/h2-5H,1H3,(H,12,14). The van der Waals surface area contributed by atoms with Gasteiger partial charge in [0.2, 0.25) is 0 Å². The van der Waals surface area contributed by atoms with E-state index in [4.69, 9.17) is 5.26 Å². The lowest BCUT2D eigenvalue weighted by molar-refractivity contribution is 1.27. The first-order valence-corrected chi connectivity index (χ1v) is 5.17. The minimum Gasteiger partial charge on any atom is -0.365 e. The molecular formula is C10H8N4S. The quantitative estimate of drug-likeness (QED) is 0.835. The van der Waals surface area contributed by atoms with Crippen molar-refractivity contribution in [2.75, 3.05) is 12.4 Å². The van der Waals surface area contributed by atoms with Crippen LogP contribution in [0.4, 0.5) is 5.13 Å². The molecule has 0 bridgehead atoms. The molecule has 2 rings (SSSR count). The van der Waals surface area contributed by atoms with Crippen LogP contribution < -0.4 is 5.32 Å². The Labute approximate surface area is 91.2 Å². The van der Waals surface area contributed by atoms with Crippen molar-refractivity contribution in [2.45, 2.75) is 0 Å². The van der Waals surface area contributed by atoms with Gasteiger partial charge in [-0.15, -0.1) is 0 Å². The molecule has 0 aliphatic rings. The van der Waals surface area contributed by atoms with E-state index in [9.17, 15) is 0 Å². The van der Waals surface area contributed by atoms with Crippen molar-refractivity contribution < 1.29 is 0 Å². The summed E-state index contributed by atoms with van der Waals surface area (Å²) in [6.45, 7) is 0. The van der Waals surface area contributed by atoms with Gasteiger partial charge in [-0.3, -0.25) is 4.98 Å². The fourth-order valence-electron chi connectivity index (χ4n) is 1.18. The molecule has 0 unspecified atom stereocenters. The highest BCUT2D eigenvalue weighted by atomic mass is 32.1. The van der Waals surface area contributed by atoms with Crippen LogP contribution in [0, 0.1) is 11.3 Å². The summed E-state index contributed by atoms with van der Waals surface area (Å²) in [5, 5.41) is 12.6. The summed E-state index contributed by atoms with van der Waals surface area (Å²) in [7, 11) is 1.78. The average molecular weight is 216 g/mol. The summed E-state index contributed by atoms with van der Waals surface area (Å²) in [4.78, 5) is 9.04. The number of nitriles is 1. The van der Waals surface area contributed by atoms with Crippen molar-refractivity contribution in [2.24, 2.45) is 0 Å². The fourth-order valence-corrected chi connectivity index (χ4v) is 1.90. The number of hydrogen-bond acceptors (Lipinski definition) is 5. The van der Waals surface area contributed by atoms with Crippen molar-refractivity contribution in [3.05, 3.63) is 29.3 Å². The zero-order valence-electron chi connectivity index (χ0n) is 8.06. The highest BCUT2D eigenvalue weighted by molar-refractivity contribution is 7.16. The Morgan fingerprint density at radius 2 is 2.33 bits per heavy atom. The molecule has 74 valence electrons. The van der Waals surface area contributed by atoms with Gasteiger partial charge in [0, 0.05) is 13.2 Å². The highest BCUT2D eigenvalue weighted by Crippen LogP contribution is 2.28. The summed E-state index contributed by atoms with van der Waals surface area (Å²) in [5.41, 5.74) is 1.37. The molecule has 1 N–H and O–H groups in total. The molecule has 0 saturated heterocycles. The van der Waals surface area contributed by atoms with E-state index in [1.54, 1.807) is 13.2 Å². The van der Waals surface area contributed by atoms with Crippen LogP contribution in [0.2, 0.25) is 0 Å². The van der Waals surface area contributed by atoms with Crippen LogP contribution in [0.15, 0.2) is 24.4 Å². The Balaban J connectivity index is 2.53. The van der Waals surface area contributed by atoms with E-state index in [1.165, 1.54) is 11.3 Å². The summed E-state index contributed by atoms with van der Waals surface area (Å²) in [6.07, 6.45) is 1.69. The molecule has 0 amide bonds. The lowest BCUT2D eigenvalue weighted by Crippen LogP contribution is -1.87. The zero-order chi connectivity index (χ0) is 10.7. The van der Waals surface area contributed by atoms with Crippen LogP contribution in [0.25, 0.3) is 11.4 Å². The van der Waals surface area contributed by atoms with Crippen LogP contribution in [-0.4, -0.2) is 17.0 Å². The summed E-state index contributed by atoms with van der Waals surface area (Å²) in [5.74, 6) is 0. The van der Waals surface area contributed by atoms with Crippen LogP contribution >= 0.6 is 11.3 Å². The average Bonchev–Trinajstić information content (AvgIpc) is 2.73. The van der Waals surface area contributed by atoms with Gasteiger partial charge >= 0.3 is 0 Å². The van der Waals surface area contributed by atoms with Gasteiger partial charge in [0.1, 0.15) is 16.6 Å². The number of anilines is 1. The van der Waals surface area contributed by atoms with E-state index in [2.05, 4.69) is 21.4 Å². The first-order valence-electron chi connectivity index (χ1n) is 4.35. The molecule has 0 radical (unpaired) electrons. The van der Waals surface area contributed by atoms with E-state index < -0.39 is 0 Å². The van der Waals surface area contributed by atoms with E-state index >= 15 is 0 Å². The molecule has 0 fully saturated rings. The van der Waals surface area contributed by atoms with Crippen molar-refractivity contribution in [3.63, 3.8) is 0 Å². The number of hydrogen-bond donors (Lipinski definition) is 1. The Hall–Kier alpha value is -1.93. The molecule has 0 aliphatic carbocycles. The van der Waals surface area contributed by atoms with Crippen molar-refractivity contribution in [3.8, 4) is 17.5 Å². The van der Waals surface area contributed by atoms with Crippen LogP contribution in [-0.2, 0) is 0 Å². The van der Waals surface area contributed by atoms with Gasteiger partial charge in [0.15, 0.2) is 5.13 Å². The first kappa shape index (κ1) is 9.62. The summed E-state index contributed by atoms with van der Waals surface area (Å²) in [6, 6.07) is 7.68. The number of aromatic nitrogens is 2. The normalized spacial score (nSPS) is 9.60. The second-order valence-electron chi connectivity index (χ2n) is 2.77. The van der Waals surface area contributed by atoms with Gasteiger partial charge in [-0.1, -0.05) is 17.4 Å². The van der Waals surface area contributed by atoms with E-state index in [1.807, 2.05) is 18.2 Å². The fraction of sp³-hybridized carbons (Fsp3) is 0.100. The molecule has 15 heavy (non-hydrogen) atoms. The SMILES string of the molecule is CNc1nc(-c2ccccn2)c(C#N)s1. The van der Waals surface area contributed by atoms with Gasteiger partial charge in [0.05, 0.1) is 5.69 Å². The van der Waals surface area contributed by atoms with E-state index in [0.29, 0.717) is 10.6 Å². The topological polar surface area (TPSA) is 61.6 Å². The molecule has 0 atom stereocenters. The van der Waals surface area contributed by atoms with Crippen molar-refractivity contribution >= 4 is 16.5 Å². The smallest absolute Gasteiger partial charge is 0.184 e. The minimum atomic E-state index is 0.582. The van der Waals surface area contributed by atoms with Gasteiger partial charge in [-0.25, -0.2) is 4.98 Å². The Bertz CT molecular complexity index is 498. The maximum atomic E-state index is 8.95. The van der Waals surface area contributed by atoms with Crippen molar-refractivity contribution in [1.82, 2.24) is 9.97 Å². The third-order valence-electron chi connectivity index (χ3n) is 1.85. The molecule has 5 heteroatoms. The van der Waals surface area contributed by atoms with Gasteiger partial charge in [0.25, 0.3) is 0 Å². The molecule has 2 aromatic heterocycles. The van der Waals surface area contributed by atoms with E-state index in [0.717, 1.165) is 10.8 Å². The van der Waals surface area contributed by atoms with Crippen molar-refractivity contribution in [1.29, 1.82) is 5.26 Å².